The van der Waals surface area contributed by atoms with E-state index in [0.717, 1.165) is 6.07 Å². The van der Waals surface area contributed by atoms with Crippen LogP contribution in [0.15, 0.2) is 18.2 Å². The van der Waals surface area contributed by atoms with Gasteiger partial charge in [-0.15, -0.1) is 0 Å². The molecule has 0 fully saturated rings. The average molecular weight is 426 g/mol. The molecule has 0 radical (unpaired) electrons. The molecule has 30 heavy (non-hydrogen) atoms. The Hall–Kier alpha value is -3.17. The van der Waals surface area contributed by atoms with Gasteiger partial charge in [-0.3, -0.25) is 4.79 Å². The lowest BCUT2D eigenvalue weighted by atomic mass is 10.1. The zero-order valence-electron chi connectivity index (χ0n) is 16.9. The van der Waals surface area contributed by atoms with Crippen LogP contribution in [0.2, 0.25) is 0 Å². The summed E-state index contributed by atoms with van der Waals surface area (Å²) in [6.45, 7) is 3.99. The lowest BCUT2D eigenvalue weighted by molar-refractivity contribution is 0.0113. The Morgan fingerprint density at radius 3 is 2.23 bits per heavy atom. The van der Waals surface area contributed by atoms with Crippen molar-refractivity contribution in [3.05, 3.63) is 52.1 Å². The highest BCUT2D eigenvalue weighted by Gasteiger charge is 2.41. The molecule has 0 saturated heterocycles. The molecule has 1 aromatic heterocycles. The van der Waals surface area contributed by atoms with E-state index >= 15 is 0 Å². The number of hydrogen-bond donors (Lipinski definition) is 0. The van der Waals surface area contributed by atoms with Gasteiger partial charge in [0.1, 0.15) is 12.4 Å². The van der Waals surface area contributed by atoms with Gasteiger partial charge in [-0.25, -0.2) is 27.4 Å². The maximum atomic E-state index is 14.3. The Morgan fingerprint density at radius 2 is 1.70 bits per heavy atom. The SMILES string of the molecule is CCOC(=O)c1nn(CC(=O)c2ccc(C)c(F)c2)c(C(=O)OCC)c1C(C)(F)F. The van der Waals surface area contributed by atoms with Crippen molar-refractivity contribution in [3.8, 4) is 0 Å². The molecule has 0 amide bonds. The summed E-state index contributed by atoms with van der Waals surface area (Å²) in [6, 6.07) is 3.73. The van der Waals surface area contributed by atoms with Crippen molar-refractivity contribution in [1.29, 1.82) is 0 Å². The van der Waals surface area contributed by atoms with E-state index in [1.54, 1.807) is 0 Å². The molecule has 0 aliphatic heterocycles. The summed E-state index contributed by atoms with van der Waals surface area (Å²) in [6.07, 6.45) is 0. The van der Waals surface area contributed by atoms with E-state index in [1.807, 2.05) is 0 Å². The van der Waals surface area contributed by atoms with Crippen LogP contribution in [-0.4, -0.2) is 40.7 Å². The molecular weight excluding hydrogens is 405 g/mol. The Morgan fingerprint density at radius 1 is 1.10 bits per heavy atom. The number of nitrogens with zero attached hydrogens (tertiary/aromatic N) is 2. The van der Waals surface area contributed by atoms with Crippen molar-refractivity contribution in [3.63, 3.8) is 0 Å². The van der Waals surface area contributed by atoms with Gasteiger partial charge in [0.05, 0.1) is 18.8 Å². The van der Waals surface area contributed by atoms with Crippen molar-refractivity contribution in [2.45, 2.75) is 40.2 Å². The molecule has 0 N–H and O–H groups in total. The van der Waals surface area contributed by atoms with Gasteiger partial charge in [0.15, 0.2) is 17.2 Å². The molecule has 0 aliphatic carbocycles. The molecule has 0 aliphatic rings. The zero-order valence-corrected chi connectivity index (χ0v) is 16.9. The second-order valence-corrected chi connectivity index (χ2v) is 6.45. The van der Waals surface area contributed by atoms with E-state index < -0.39 is 53.0 Å². The number of ether oxygens (including phenoxy) is 2. The van der Waals surface area contributed by atoms with Crippen LogP contribution in [0.1, 0.15) is 63.2 Å². The smallest absolute Gasteiger partial charge is 0.359 e. The van der Waals surface area contributed by atoms with E-state index in [9.17, 15) is 27.6 Å². The van der Waals surface area contributed by atoms with Gasteiger partial charge in [-0.1, -0.05) is 12.1 Å². The second kappa shape index (κ2) is 9.10. The van der Waals surface area contributed by atoms with Crippen LogP contribution in [-0.2, 0) is 21.9 Å². The van der Waals surface area contributed by atoms with Gasteiger partial charge in [-0.2, -0.15) is 5.10 Å². The van der Waals surface area contributed by atoms with Crippen molar-refractivity contribution in [2.75, 3.05) is 13.2 Å². The number of ketones is 1. The van der Waals surface area contributed by atoms with Crippen LogP contribution in [0.25, 0.3) is 0 Å². The number of rotatable bonds is 8. The predicted octanol–water partition coefficient (Wildman–Crippen LogP) is 3.68. The highest BCUT2D eigenvalue weighted by atomic mass is 19.3. The van der Waals surface area contributed by atoms with Gasteiger partial charge in [0.2, 0.25) is 0 Å². The van der Waals surface area contributed by atoms with Gasteiger partial charge in [0.25, 0.3) is 5.92 Å². The van der Waals surface area contributed by atoms with Crippen LogP contribution in [0.4, 0.5) is 13.2 Å². The van der Waals surface area contributed by atoms with Crippen LogP contribution in [0, 0.1) is 12.7 Å². The van der Waals surface area contributed by atoms with Gasteiger partial charge in [-0.05, 0) is 32.4 Å². The van der Waals surface area contributed by atoms with Gasteiger partial charge < -0.3 is 9.47 Å². The third kappa shape index (κ3) is 4.87. The van der Waals surface area contributed by atoms with E-state index in [0.29, 0.717) is 17.2 Å². The lowest BCUT2D eigenvalue weighted by Crippen LogP contribution is -2.22. The first kappa shape index (κ1) is 23.1. The Bertz CT molecular complexity index is 980. The summed E-state index contributed by atoms with van der Waals surface area (Å²) < 4.78 is 52.7. The highest BCUT2D eigenvalue weighted by Crippen LogP contribution is 2.34. The number of carbonyl (C=O) groups excluding carboxylic acids is 3. The molecule has 10 heteroatoms. The molecule has 1 aromatic carbocycles. The third-order valence-corrected chi connectivity index (χ3v) is 4.12. The molecule has 0 saturated carbocycles. The maximum Gasteiger partial charge on any atom is 0.359 e. The normalized spacial score (nSPS) is 11.3. The van der Waals surface area contributed by atoms with E-state index in [-0.39, 0.29) is 18.8 Å². The molecule has 1 heterocycles. The third-order valence-electron chi connectivity index (χ3n) is 4.12. The molecule has 7 nitrogen and oxygen atoms in total. The van der Waals surface area contributed by atoms with Crippen LogP contribution >= 0.6 is 0 Å². The number of benzene rings is 1. The quantitative estimate of drug-likeness (QED) is 0.473. The van der Waals surface area contributed by atoms with E-state index in [1.165, 1.54) is 32.9 Å². The van der Waals surface area contributed by atoms with Gasteiger partial charge >= 0.3 is 11.9 Å². The minimum atomic E-state index is -3.67. The molecular formula is C20H21F3N2O5. The second-order valence-electron chi connectivity index (χ2n) is 6.45. The minimum Gasteiger partial charge on any atom is -0.461 e. The molecule has 0 atom stereocenters. The number of aryl methyl sites for hydroxylation is 1. The van der Waals surface area contributed by atoms with Crippen LogP contribution < -0.4 is 0 Å². The van der Waals surface area contributed by atoms with Crippen molar-refractivity contribution in [1.82, 2.24) is 9.78 Å². The largest absolute Gasteiger partial charge is 0.461 e. The summed E-state index contributed by atoms with van der Waals surface area (Å²) in [5.41, 5.74) is -2.27. The average Bonchev–Trinajstić information content (AvgIpc) is 3.04. The maximum absolute atomic E-state index is 14.3. The molecule has 2 aromatic rings. The molecule has 0 unspecified atom stereocenters. The van der Waals surface area contributed by atoms with E-state index in [2.05, 4.69) is 5.10 Å². The standard InChI is InChI=1S/C20H21F3N2O5/c1-5-29-18(27)16-15(20(4,22)23)17(19(28)30-6-2)25(24-16)10-14(26)12-8-7-11(3)13(21)9-12/h7-9H,5-6,10H2,1-4H3. The lowest BCUT2D eigenvalue weighted by Gasteiger charge is -2.13. The Kier molecular flexibility index (Phi) is 7.01. The summed E-state index contributed by atoms with van der Waals surface area (Å²) in [4.78, 5) is 37.2. The van der Waals surface area contributed by atoms with Crippen molar-refractivity contribution >= 4 is 17.7 Å². The summed E-state index contributed by atoms with van der Waals surface area (Å²) in [7, 11) is 0. The fraction of sp³-hybridized carbons (Fsp3) is 0.400. The number of aromatic nitrogens is 2. The number of hydrogen-bond acceptors (Lipinski definition) is 6. The Balaban J connectivity index is 2.61. The summed E-state index contributed by atoms with van der Waals surface area (Å²) >= 11 is 0. The van der Waals surface area contributed by atoms with Gasteiger partial charge in [0, 0.05) is 12.5 Å². The van der Waals surface area contributed by atoms with Crippen LogP contribution in [0.5, 0.6) is 0 Å². The summed E-state index contributed by atoms with van der Waals surface area (Å²) in [5.74, 6) is -7.35. The van der Waals surface area contributed by atoms with E-state index in [4.69, 9.17) is 9.47 Å². The molecule has 162 valence electrons. The fourth-order valence-electron chi connectivity index (χ4n) is 2.73. The zero-order chi connectivity index (χ0) is 22.6. The number of carbonyl (C=O) groups is 3. The number of Topliss-reactive ketones (excluding diaryl/α,β-unsaturated/α-hetero) is 1. The number of halogens is 3. The Labute approximate surface area is 170 Å². The molecule has 0 bridgehead atoms. The molecule has 2 rings (SSSR count). The number of esters is 2. The predicted molar refractivity (Wildman–Crippen MR) is 99.2 cm³/mol. The summed E-state index contributed by atoms with van der Waals surface area (Å²) in [5, 5.41) is 3.75. The first-order chi connectivity index (χ1) is 14.0. The first-order valence-electron chi connectivity index (χ1n) is 9.13. The van der Waals surface area contributed by atoms with Crippen LogP contribution in [0.3, 0.4) is 0 Å². The van der Waals surface area contributed by atoms with Crippen molar-refractivity contribution < 1.29 is 37.0 Å². The minimum absolute atomic E-state index is 0.0501. The monoisotopic (exact) mass is 426 g/mol. The fourth-order valence-corrected chi connectivity index (χ4v) is 2.73. The molecule has 0 spiro atoms. The highest BCUT2D eigenvalue weighted by molar-refractivity contribution is 5.99. The first-order valence-corrected chi connectivity index (χ1v) is 9.13. The number of alkyl halides is 2. The topological polar surface area (TPSA) is 87.5 Å². The van der Waals surface area contributed by atoms with Crippen molar-refractivity contribution in [2.24, 2.45) is 0 Å².